The molecule has 0 spiro atoms. The number of carbonyl (C=O) groups is 2. The van der Waals surface area contributed by atoms with E-state index in [-0.39, 0.29) is 25.1 Å². The molecule has 0 heterocycles. The molecule has 1 amide bonds. The molecule has 5 N–H and O–H groups in total. The zero-order valence-electron chi connectivity index (χ0n) is 8.72. The Morgan fingerprint density at radius 2 is 2.06 bits per heavy atom. The fourth-order valence-corrected chi connectivity index (χ4v) is 1.34. The third kappa shape index (κ3) is 8.33. The van der Waals surface area contributed by atoms with Crippen molar-refractivity contribution in [1.29, 1.82) is 0 Å². The summed E-state index contributed by atoms with van der Waals surface area (Å²) in [5.74, 6) is -1.35. The lowest BCUT2D eigenvalue weighted by atomic mass is 10.1. The molecule has 16 heavy (non-hydrogen) atoms. The Labute approximate surface area is 95.7 Å². The Kier molecular flexibility index (Phi) is 7.69. The number of hydrogen-bond donors (Lipinski definition) is 4. The first-order valence-electron chi connectivity index (χ1n) is 4.76. The molecule has 0 saturated heterocycles. The van der Waals surface area contributed by atoms with Gasteiger partial charge in [0, 0.05) is 13.0 Å². The van der Waals surface area contributed by atoms with Gasteiger partial charge in [0.15, 0.2) is 11.1 Å². The van der Waals surface area contributed by atoms with E-state index in [1.807, 2.05) is 0 Å². The molecule has 2 atom stereocenters. The maximum absolute atomic E-state index is 11.2. The van der Waals surface area contributed by atoms with Crippen molar-refractivity contribution in [3.05, 3.63) is 0 Å². The molecular weight excluding hydrogens is 236 g/mol. The van der Waals surface area contributed by atoms with Crippen molar-refractivity contribution >= 4 is 23.0 Å². The zero-order valence-corrected chi connectivity index (χ0v) is 9.53. The quantitative estimate of drug-likeness (QED) is 0.321. The van der Waals surface area contributed by atoms with Crippen LogP contribution in [-0.2, 0) is 20.7 Å². The van der Waals surface area contributed by atoms with Crippen molar-refractivity contribution in [3.8, 4) is 0 Å². The summed E-state index contributed by atoms with van der Waals surface area (Å²) in [6.45, 7) is 0.256. The number of amides is 1. The van der Waals surface area contributed by atoms with E-state index in [0.717, 1.165) is 0 Å². The van der Waals surface area contributed by atoms with Crippen LogP contribution in [0.5, 0.6) is 0 Å². The van der Waals surface area contributed by atoms with Crippen molar-refractivity contribution in [2.24, 2.45) is 5.73 Å². The first-order chi connectivity index (χ1) is 7.43. The summed E-state index contributed by atoms with van der Waals surface area (Å²) in [6, 6.07) is -0.851. The first kappa shape index (κ1) is 15.0. The van der Waals surface area contributed by atoms with E-state index < -0.39 is 29.0 Å². The van der Waals surface area contributed by atoms with Gasteiger partial charge in [0.25, 0.3) is 0 Å². The smallest absolute Gasteiger partial charge is 0.303 e. The number of rotatable bonds is 8. The predicted molar refractivity (Wildman–Crippen MR) is 58.1 cm³/mol. The average Bonchev–Trinajstić information content (AvgIpc) is 2.20. The summed E-state index contributed by atoms with van der Waals surface area (Å²) in [5.41, 5.74) is 5.42. The summed E-state index contributed by atoms with van der Waals surface area (Å²) < 4.78 is 18.7. The molecule has 0 fully saturated rings. The minimum absolute atomic E-state index is 0.0765. The van der Waals surface area contributed by atoms with E-state index in [9.17, 15) is 13.8 Å². The lowest BCUT2D eigenvalue weighted by Gasteiger charge is -2.10. The predicted octanol–water partition coefficient (Wildman–Crippen LogP) is -1.09. The van der Waals surface area contributed by atoms with Crippen LogP contribution in [0.4, 0.5) is 0 Å². The van der Waals surface area contributed by atoms with Crippen molar-refractivity contribution in [2.45, 2.75) is 25.3 Å². The molecule has 0 aromatic rings. The maximum Gasteiger partial charge on any atom is 0.303 e. The van der Waals surface area contributed by atoms with Crippen molar-refractivity contribution in [2.75, 3.05) is 12.3 Å². The minimum Gasteiger partial charge on any atom is -0.481 e. The molecule has 94 valence electrons. The van der Waals surface area contributed by atoms with Crippen LogP contribution < -0.4 is 11.1 Å². The van der Waals surface area contributed by atoms with Gasteiger partial charge in [0.05, 0.1) is 11.8 Å². The number of nitrogens with one attached hydrogen (secondary N) is 1. The molecule has 0 radical (unpaired) electrons. The van der Waals surface area contributed by atoms with Crippen LogP contribution in [0, 0.1) is 0 Å². The van der Waals surface area contributed by atoms with E-state index in [2.05, 4.69) is 5.32 Å². The van der Waals surface area contributed by atoms with Gasteiger partial charge in [-0.15, -0.1) is 0 Å². The molecule has 7 nitrogen and oxygen atoms in total. The molecule has 2 unspecified atom stereocenters. The van der Waals surface area contributed by atoms with Gasteiger partial charge < -0.3 is 20.7 Å². The molecule has 0 aromatic heterocycles. The third-order valence-electron chi connectivity index (χ3n) is 1.80. The summed E-state index contributed by atoms with van der Waals surface area (Å²) in [4.78, 5) is 21.4. The van der Waals surface area contributed by atoms with Crippen LogP contribution in [0.15, 0.2) is 0 Å². The maximum atomic E-state index is 11.2. The SMILES string of the molecule is NC(CCC(=O)O)C(=O)NCCCS(=O)O. The van der Waals surface area contributed by atoms with Gasteiger partial charge in [0.1, 0.15) is 0 Å². The Bertz CT molecular complexity index is 271. The second-order valence-corrected chi connectivity index (χ2v) is 4.26. The average molecular weight is 252 g/mol. The normalized spacial score (nSPS) is 14.1. The largest absolute Gasteiger partial charge is 0.481 e. The van der Waals surface area contributed by atoms with E-state index in [1.54, 1.807) is 0 Å². The van der Waals surface area contributed by atoms with E-state index >= 15 is 0 Å². The van der Waals surface area contributed by atoms with Crippen LogP contribution in [-0.4, -0.2) is 44.1 Å². The van der Waals surface area contributed by atoms with Crippen LogP contribution in [0.25, 0.3) is 0 Å². The Balaban J connectivity index is 3.62. The molecule has 0 saturated carbocycles. The summed E-state index contributed by atoms with van der Waals surface area (Å²) in [6.07, 6.45) is 0.294. The lowest BCUT2D eigenvalue weighted by molar-refractivity contribution is -0.137. The fourth-order valence-electron chi connectivity index (χ4n) is 0.948. The first-order valence-corrected chi connectivity index (χ1v) is 6.03. The number of carbonyl (C=O) groups excluding carboxylic acids is 1. The van der Waals surface area contributed by atoms with Crippen LogP contribution in [0.2, 0.25) is 0 Å². The van der Waals surface area contributed by atoms with Crippen LogP contribution >= 0.6 is 0 Å². The topological polar surface area (TPSA) is 130 Å². The van der Waals surface area contributed by atoms with Gasteiger partial charge in [-0.25, -0.2) is 4.21 Å². The number of carboxylic acids is 1. The van der Waals surface area contributed by atoms with Gasteiger partial charge >= 0.3 is 5.97 Å². The second-order valence-electron chi connectivity index (χ2n) is 3.21. The van der Waals surface area contributed by atoms with E-state index in [0.29, 0.717) is 6.42 Å². The molecule has 8 heteroatoms. The number of nitrogens with two attached hydrogens (primary N) is 1. The van der Waals surface area contributed by atoms with Gasteiger partial charge in [0.2, 0.25) is 5.91 Å². The fraction of sp³-hybridized carbons (Fsp3) is 0.750. The lowest BCUT2D eigenvalue weighted by Crippen LogP contribution is -2.41. The highest BCUT2D eigenvalue weighted by molar-refractivity contribution is 7.79. The highest BCUT2D eigenvalue weighted by Crippen LogP contribution is 1.94. The molecule has 0 aliphatic heterocycles. The highest BCUT2D eigenvalue weighted by atomic mass is 32.2. The molecule has 0 aliphatic carbocycles. The molecule has 0 aliphatic rings. The summed E-state index contributed by atoms with van der Waals surface area (Å²) >= 11 is -1.86. The Morgan fingerprint density at radius 1 is 1.44 bits per heavy atom. The second kappa shape index (κ2) is 8.20. The van der Waals surface area contributed by atoms with Gasteiger partial charge in [-0.2, -0.15) is 0 Å². The summed E-state index contributed by atoms with van der Waals surface area (Å²) in [7, 11) is 0. The monoisotopic (exact) mass is 252 g/mol. The van der Waals surface area contributed by atoms with Gasteiger partial charge in [-0.1, -0.05) is 0 Å². The van der Waals surface area contributed by atoms with Crippen molar-refractivity contribution < 1.29 is 23.5 Å². The van der Waals surface area contributed by atoms with Gasteiger partial charge in [-0.05, 0) is 12.8 Å². The summed E-state index contributed by atoms with van der Waals surface area (Å²) in [5, 5.41) is 10.8. The molecule has 0 bridgehead atoms. The number of carboxylic acid groups (broad SMARTS) is 1. The third-order valence-corrected chi connectivity index (χ3v) is 2.44. The van der Waals surface area contributed by atoms with Gasteiger partial charge in [-0.3, -0.25) is 9.59 Å². The van der Waals surface area contributed by atoms with Crippen molar-refractivity contribution in [3.63, 3.8) is 0 Å². The zero-order chi connectivity index (χ0) is 12.6. The number of hydrogen-bond acceptors (Lipinski definition) is 4. The van der Waals surface area contributed by atoms with Crippen LogP contribution in [0.3, 0.4) is 0 Å². The Morgan fingerprint density at radius 3 is 2.56 bits per heavy atom. The van der Waals surface area contributed by atoms with Crippen LogP contribution in [0.1, 0.15) is 19.3 Å². The Hall–Kier alpha value is -0.990. The molecule has 0 rings (SSSR count). The van der Waals surface area contributed by atoms with Crippen molar-refractivity contribution in [1.82, 2.24) is 5.32 Å². The van der Waals surface area contributed by atoms with E-state index in [1.165, 1.54) is 0 Å². The molecular formula is C8H16N2O5S. The number of aliphatic carboxylic acids is 1. The standard InChI is InChI=1S/C8H16N2O5S/c9-6(2-3-7(11)12)8(13)10-4-1-5-16(14)15/h6H,1-5,9H2,(H,10,13)(H,11,12)(H,14,15). The highest BCUT2D eigenvalue weighted by Gasteiger charge is 2.13. The van der Waals surface area contributed by atoms with E-state index in [4.69, 9.17) is 15.4 Å². The minimum atomic E-state index is -1.86. The molecule has 0 aromatic carbocycles.